The van der Waals surface area contributed by atoms with Gasteiger partial charge < -0.3 is 4.90 Å². The van der Waals surface area contributed by atoms with Gasteiger partial charge in [-0.2, -0.15) is 0 Å². The zero-order chi connectivity index (χ0) is 21.8. The van der Waals surface area contributed by atoms with Gasteiger partial charge in [0.05, 0.1) is 19.1 Å². The van der Waals surface area contributed by atoms with Gasteiger partial charge in [-0.1, -0.05) is 35.9 Å². The SMILES string of the molecule is CON(C)C(=O)c1sc(-c2ccc(Cl)cc2)c(C)c1-c1ccc(/N=C/N(C)C)cc1. The van der Waals surface area contributed by atoms with Gasteiger partial charge in [-0.3, -0.25) is 9.63 Å². The highest BCUT2D eigenvalue weighted by Crippen LogP contribution is 2.43. The molecule has 0 saturated heterocycles. The fourth-order valence-electron chi connectivity index (χ4n) is 3.01. The molecule has 3 aromatic rings. The normalized spacial score (nSPS) is 11.1. The van der Waals surface area contributed by atoms with E-state index in [0.717, 1.165) is 32.8 Å². The van der Waals surface area contributed by atoms with E-state index < -0.39 is 0 Å². The van der Waals surface area contributed by atoms with Crippen molar-refractivity contribution in [3.63, 3.8) is 0 Å². The Labute approximate surface area is 186 Å². The Balaban J connectivity index is 2.11. The minimum atomic E-state index is -0.185. The molecule has 3 rings (SSSR count). The standard InChI is InChI=1S/C23H24ClN3O2S/c1-15-20(16-8-12-19(13-9-16)25-14-26(2)3)22(23(28)27(4)29-5)30-21(15)17-6-10-18(24)11-7-17/h6-14H,1-5H3/b25-14+. The summed E-state index contributed by atoms with van der Waals surface area (Å²) < 4.78 is 0. The third kappa shape index (κ3) is 4.73. The van der Waals surface area contributed by atoms with E-state index in [-0.39, 0.29) is 5.91 Å². The monoisotopic (exact) mass is 441 g/mol. The van der Waals surface area contributed by atoms with Crippen LogP contribution in [0.3, 0.4) is 0 Å². The lowest BCUT2D eigenvalue weighted by Crippen LogP contribution is -2.25. The highest BCUT2D eigenvalue weighted by molar-refractivity contribution is 7.18. The second-order valence-corrected chi connectivity index (χ2v) is 8.46. The minimum absolute atomic E-state index is 0.185. The Morgan fingerprint density at radius 1 is 1.03 bits per heavy atom. The summed E-state index contributed by atoms with van der Waals surface area (Å²) in [5, 5.41) is 1.92. The molecule has 30 heavy (non-hydrogen) atoms. The van der Waals surface area contributed by atoms with E-state index in [1.54, 1.807) is 13.4 Å². The van der Waals surface area contributed by atoms with Crippen molar-refractivity contribution in [1.82, 2.24) is 9.96 Å². The molecule has 0 spiro atoms. The highest BCUT2D eigenvalue weighted by Gasteiger charge is 2.25. The summed E-state index contributed by atoms with van der Waals surface area (Å²) in [7, 11) is 6.95. The fourth-order valence-corrected chi connectivity index (χ4v) is 4.44. The van der Waals surface area contributed by atoms with Crippen molar-refractivity contribution in [1.29, 1.82) is 0 Å². The fraction of sp³-hybridized carbons (Fsp3) is 0.217. The van der Waals surface area contributed by atoms with Crippen LogP contribution in [0.15, 0.2) is 53.5 Å². The second-order valence-electron chi connectivity index (χ2n) is 7.01. The van der Waals surface area contributed by atoms with Gasteiger partial charge in [-0.25, -0.2) is 10.1 Å². The quantitative estimate of drug-likeness (QED) is 0.272. The van der Waals surface area contributed by atoms with E-state index in [1.807, 2.05) is 74.4 Å². The molecule has 0 radical (unpaired) electrons. The zero-order valence-corrected chi connectivity index (χ0v) is 19.2. The molecule has 1 aromatic heterocycles. The lowest BCUT2D eigenvalue weighted by atomic mass is 9.98. The van der Waals surface area contributed by atoms with Gasteiger partial charge in [0.15, 0.2) is 0 Å². The summed E-state index contributed by atoms with van der Waals surface area (Å²) in [5.41, 5.74) is 4.77. The number of thiophene rings is 1. The molecule has 2 aromatic carbocycles. The molecule has 0 aliphatic carbocycles. The van der Waals surface area contributed by atoms with E-state index in [9.17, 15) is 4.79 Å². The van der Waals surface area contributed by atoms with Gasteiger partial charge in [0.2, 0.25) is 0 Å². The van der Waals surface area contributed by atoms with E-state index >= 15 is 0 Å². The van der Waals surface area contributed by atoms with Gasteiger partial charge >= 0.3 is 0 Å². The maximum atomic E-state index is 13.0. The summed E-state index contributed by atoms with van der Waals surface area (Å²) in [6.07, 6.45) is 1.76. The van der Waals surface area contributed by atoms with Crippen LogP contribution in [-0.2, 0) is 4.84 Å². The lowest BCUT2D eigenvalue weighted by molar-refractivity contribution is -0.0753. The summed E-state index contributed by atoms with van der Waals surface area (Å²) in [6.45, 7) is 2.04. The number of halogens is 1. The van der Waals surface area contributed by atoms with Crippen LogP contribution in [0.1, 0.15) is 15.2 Å². The topological polar surface area (TPSA) is 45.1 Å². The van der Waals surface area contributed by atoms with Gasteiger partial charge in [0, 0.05) is 36.6 Å². The molecule has 0 aliphatic rings. The van der Waals surface area contributed by atoms with Crippen LogP contribution < -0.4 is 0 Å². The molecule has 1 heterocycles. The molecular formula is C23H24ClN3O2S. The average Bonchev–Trinajstić information content (AvgIpc) is 3.09. The first-order valence-electron chi connectivity index (χ1n) is 9.34. The van der Waals surface area contributed by atoms with Gasteiger partial charge in [-0.05, 0) is 47.9 Å². The number of rotatable bonds is 6. The number of benzene rings is 2. The Kier molecular flexibility index (Phi) is 6.92. The maximum absolute atomic E-state index is 13.0. The smallest absolute Gasteiger partial charge is 0.287 e. The van der Waals surface area contributed by atoms with Crippen LogP contribution in [0.5, 0.6) is 0 Å². The van der Waals surface area contributed by atoms with E-state index in [2.05, 4.69) is 4.99 Å². The molecule has 1 amide bonds. The highest BCUT2D eigenvalue weighted by atomic mass is 35.5. The van der Waals surface area contributed by atoms with Gasteiger partial charge in [0.1, 0.15) is 4.88 Å². The van der Waals surface area contributed by atoms with Crippen molar-refractivity contribution >= 4 is 40.9 Å². The van der Waals surface area contributed by atoms with E-state index in [0.29, 0.717) is 9.90 Å². The number of carbonyl (C=O) groups is 1. The Bertz CT molecular complexity index is 1060. The predicted molar refractivity (Wildman–Crippen MR) is 126 cm³/mol. The van der Waals surface area contributed by atoms with Crippen LogP contribution in [0.25, 0.3) is 21.6 Å². The molecule has 0 fully saturated rings. The third-order valence-corrected chi connectivity index (χ3v) is 6.18. The van der Waals surface area contributed by atoms with Gasteiger partial charge in [-0.15, -0.1) is 11.3 Å². The number of nitrogens with zero attached hydrogens (tertiary/aromatic N) is 3. The molecule has 0 unspecified atom stereocenters. The molecule has 0 N–H and O–H groups in total. The number of hydrogen-bond acceptors (Lipinski definition) is 4. The number of aliphatic imine (C=N–C) groups is 1. The summed E-state index contributed by atoms with van der Waals surface area (Å²) in [5.74, 6) is -0.185. The molecule has 0 atom stereocenters. The van der Waals surface area contributed by atoms with E-state index in [4.69, 9.17) is 16.4 Å². The molecule has 5 nitrogen and oxygen atoms in total. The van der Waals surface area contributed by atoms with Crippen molar-refractivity contribution in [3.05, 3.63) is 64.0 Å². The Hall–Kier alpha value is -2.67. The van der Waals surface area contributed by atoms with Crippen LogP contribution in [0.2, 0.25) is 5.02 Å². The first-order chi connectivity index (χ1) is 14.3. The number of amides is 1. The molecule has 156 valence electrons. The van der Waals surface area contributed by atoms with Crippen molar-refractivity contribution < 1.29 is 9.63 Å². The van der Waals surface area contributed by atoms with Crippen LogP contribution in [0, 0.1) is 6.92 Å². The van der Waals surface area contributed by atoms with E-state index in [1.165, 1.54) is 23.5 Å². The maximum Gasteiger partial charge on any atom is 0.287 e. The molecule has 0 bridgehead atoms. The average molecular weight is 442 g/mol. The van der Waals surface area contributed by atoms with Crippen molar-refractivity contribution in [3.8, 4) is 21.6 Å². The Morgan fingerprint density at radius 3 is 2.20 bits per heavy atom. The first kappa shape index (κ1) is 22.0. The Morgan fingerprint density at radius 2 is 1.63 bits per heavy atom. The molecule has 0 aliphatic heterocycles. The predicted octanol–water partition coefficient (Wildman–Crippen LogP) is 5.90. The van der Waals surface area contributed by atoms with Crippen molar-refractivity contribution in [2.45, 2.75) is 6.92 Å². The molecular weight excluding hydrogens is 418 g/mol. The number of hydrogen-bond donors (Lipinski definition) is 0. The first-order valence-corrected chi connectivity index (χ1v) is 10.5. The van der Waals surface area contributed by atoms with Crippen molar-refractivity contribution in [2.24, 2.45) is 4.99 Å². The van der Waals surface area contributed by atoms with Crippen LogP contribution >= 0.6 is 22.9 Å². The third-order valence-electron chi connectivity index (χ3n) is 4.60. The largest absolute Gasteiger partial charge is 0.369 e. The zero-order valence-electron chi connectivity index (χ0n) is 17.6. The molecule has 0 saturated carbocycles. The molecule has 7 heteroatoms. The van der Waals surface area contributed by atoms with Gasteiger partial charge in [0.25, 0.3) is 5.91 Å². The summed E-state index contributed by atoms with van der Waals surface area (Å²) >= 11 is 7.51. The number of carbonyl (C=O) groups excluding carboxylic acids is 1. The van der Waals surface area contributed by atoms with Crippen molar-refractivity contribution in [2.75, 3.05) is 28.3 Å². The van der Waals surface area contributed by atoms with Crippen LogP contribution in [-0.4, -0.2) is 50.5 Å². The second kappa shape index (κ2) is 9.43. The van der Waals surface area contributed by atoms with Crippen LogP contribution in [0.4, 0.5) is 5.69 Å². The lowest BCUT2D eigenvalue weighted by Gasteiger charge is -2.14. The number of hydroxylamine groups is 2. The summed E-state index contributed by atoms with van der Waals surface area (Å²) in [4.78, 5) is 26.1. The minimum Gasteiger partial charge on any atom is -0.369 e. The summed E-state index contributed by atoms with van der Waals surface area (Å²) in [6, 6.07) is 15.5.